The second-order valence-corrected chi connectivity index (χ2v) is 2.27. The van der Waals surface area contributed by atoms with Crippen LogP contribution in [0.25, 0.3) is 0 Å². The van der Waals surface area contributed by atoms with E-state index in [1.165, 1.54) is 0 Å². The molecule has 0 fully saturated rings. The second-order valence-electron chi connectivity index (χ2n) is 1.86. The van der Waals surface area contributed by atoms with E-state index < -0.39 is 11.6 Å². The first kappa shape index (κ1) is 8.23. The number of hydrogen-bond acceptors (Lipinski definition) is 2. The van der Waals surface area contributed by atoms with Crippen molar-refractivity contribution in [1.82, 2.24) is 0 Å². The minimum absolute atomic E-state index is 0.0643. The molecule has 0 heterocycles. The summed E-state index contributed by atoms with van der Waals surface area (Å²) in [5, 5.41) is 8.23. The Bertz CT molecular complexity index is 280. The molecule has 1 aromatic rings. The Morgan fingerprint density at radius 2 is 1.82 bits per heavy atom. The molecule has 11 heavy (non-hydrogen) atoms. The number of rotatable bonds is 1. The predicted octanol–water partition coefficient (Wildman–Crippen LogP) is 2.42. The van der Waals surface area contributed by atoms with Gasteiger partial charge in [-0.15, -0.1) is 0 Å². The van der Waals surface area contributed by atoms with E-state index >= 15 is 0 Å². The van der Waals surface area contributed by atoms with E-state index in [1.54, 1.807) is 5.48 Å². The Balaban J connectivity index is 3.21. The van der Waals surface area contributed by atoms with Gasteiger partial charge in [-0.3, -0.25) is 10.7 Å². The van der Waals surface area contributed by atoms with Gasteiger partial charge in [0, 0.05) is 6.07 Å². The maximum absolute atomic E-state index is 12.4. The summed E-state index contributed by atoms with van der Waals surface area (Å²) >= 11 is 5.37. The average molecular weight is 180 g/mol. The summed E-state index contributed by atoms with van der Waals surface area (Å²) in [7, 11) is 0. The molecule has 0 saturated heterocycles. The van der Waals surface area contributed by atoms with Crippen LogP contribution in [0.4, 0.5) is 14.5 Å². The SMILES string of the molecule is ONc1cc(F)c(F)cc1Cl. The molecule has 0 aliphatic rings. The molecule has 0 spiro atoms. The molecule has 0 unspecified atom stereocenters. The molecular formula is C6H4ClF2NO. The van der Waals surface area contributed by atoms with Crippen LogP contribution in [0.1, 0.15) is 0 Å². The molecule has 0 atom stereocenters. The fourth-order valence-corrected chi connectivity index (χ4v) is 0.801. The standard InChI is InChI=1S/C6H4ClF2NO/c7-3-1-4(8)5(9)2-6(3)10-11/h1-2,10-11H. The summed E-state index contributed by atoms with van der Waals surface area (Å²) in [6.45, 7) is 0. The Hall–Kier alpha value is -0.870. The van der Waals surface area contributed by atoms with Gasteiger partial charge in [0.1, 0.15) is 0 Å². The first-order valence-corrected chi connectivity index (χ1v) is 3.07. The lowest BCUT2D eigenvalue weighted by atomic mass is 10.3. The molecule has 5 heteroatoms. The maximum atomic E-state index is 12.4. The van der Waals surface area contributed by atoms with Gasteiger partial charge in [0.05, 0.1) is 10.7 Å². The highest BCUT2D eigenvalue weighted by Gasteiger charge is 2.06. The van der Waals surface area contributed by atoms with Crippen LogP contribution in [0.15, 0.2) is 12.1 Å². The minimum atomic E-state index is -1.06. The van der Waals surface area contributed by atoms with E-state index in [4.69, 9.17) is 16.8 Å². The van der Waals surface area contributed by atoms with E-state index in [-0.39, 0.29) is 10.7 Å². The lowest BCUT2D eigenvalue weighted by Crippen LogP contribution is -1.93. The van der Waals surface area contributed by atoms with E-state index in [2.05, 4.69) is 0 Å². The summed E-state index contributed by atoms with van der Waals surface area (Å²) in [4.78, 5) is 0. The van der Waals surface area contributed by atoms with Crippen LogP contribution in [0.5, 0.6) is 0 Å². The Kier molecular flexibility index (Phi) is 2.26. The number of halogens is 3. The van der Waals surface area contributed by atoms with E-state index in [1.807, 2.05) is 0 Å². The zero-order chi connectivity index (χ0) is 8.43. The fourth-order valence-electron chi connectivity index (χ4n) is 0.608. The van der Waals surface area contributed by atoms with Crippen molar-refractivity contribution < 1.29 is 14.0 Å². The topological polar surface area (TPSA) is 32.3 Å². The van der Waals surface area contributed by atoms with Gasteiger partial charge in [0.2, 0.25) is 0 Å². The highest BCUT2D eigenvalue weighted by atomic mass is 35.5. The quantitative estimate of drug-likeness (QED) is 0.513. The van der Waals surface area contributed by atoms with Crippen molar-refractivity contribution in [2.75, 3.05) is 5.48 Å². The van der Waals surface area contributed by atoms with Gasteiger partial charge in [0.15, 0.2) is 11.6 Å². The largest absolute Gasteiger partial charge is 0.291 e. The van der Waals surface area contributed by atoms with Crippen LogP contribution in [0.2, 0.25) is 5.02 Å². The average Bonchev–Trinajstić information content (AvgIpc) is 1.97. The highest BCUT2D eigenvalue weighted by molar-refractivity contribution is 6.33. The smallest absolute Gasteiger partial charge is 0.161 e. The van der Waals surface area contributed by atoms with Crippen molar-refractivity contribution in [2.24, 2.45) is 0 Å². The molecule has 2 N–H and O–H groups in total. The maximum Gasteiger partial charge on any atom is 0.161 e. The fraction of sp³-hybridized carbons (Fsp3) is 0. The lowest BCUT2D eigenvalue weighted by molar-refractivity contribution is 0.388. The predicted molar refractivity (Wildman–Crippen MR) is 36.8 cm³/mol. The van der Waals surface area contributed by atoms with Crippen LogP contribution in [-0.2, 0) is 0 Å². The molecule has 0 saturated carbocycles. The summed E-state index contributed by atoms with van der Waals surface area (Å²) in [6, 6.07) is 1.53. The van der Waals surface area contributed by atoms with Gasteiger partial charge in [-0.05, 0) is 6.07 Å². The van der Waals surface area contributed by atoms with Gasteiger partial charge >= 0.3 is 0 Å². The van der Waals surface area contributed by atoms with E-state index in [0.717, 1.165) is 12.1 Å². The number of benzene rings is 1. The molecule has 1 aromatic carbocycles. The van der Waals surface area contributed by atoms with Crippen molar-refractivity contribution in [3.05, 3.63) is 28.8 Å². The summed E-state index contributed by atoms with van der Waals surface area (Å²) in [5.41, 5.74) is 1.56. The monoisotopic (exact) mass is 179 g/mol. The molecule has 2 nitrogen and oxygen atoms in total. The summed E-state index contributed by atoms with van der Waals surface area (Å²) in [6.07, 6.45) is 0. The van der Waals surface area contributed by atoms with E-state index in [9.17, 15) is 8.78 Å². The summed E-state index contributed by atoms with van der Waals surface area (Å²) in [5.74, 6) is -2.11. The Morgan fingerprint density at radius 3 is 2.36 bits per heavy atom. The molecule has 0 radical (unpaired) electrons. The van der Waals surface area contributed by atoms with Crippen molar-refractivity contribution in [3.8, 4) is 0 Å². The molecular weight excluding hydrogens is 176 g/mol. The second kappa shape index (κ2) is 3.02. The lowest BCUT2D eigenvalue weighted by Gasteiger charge is -2.01. The van der Waals surface area contributed by atoms with Gasteiger partial charge < -0.3 is 0 Å². The minimum Gasteiger partial charge on any atom is -0.291 e. The van der Waals surface area contributed by atoms with Crippen molar-refractivity contribution >= 4 is 17.3 Å². The van der Waals surface area contributed by atoms with Gasteiger partial charge in [-0.2, -0.15) is 0 Å². The van der Waals surface area contributed by atoms with Gasteiger partial charge in [-0.25, -0.2) is 8.78 Å². The Morgan fingerprint density at radius 1 is 1.27 bits per heavy atom. The zero-order valence-electron chi connectivity index (χ0n) is 5.24. The van der Waals surface area contributed by atoms with Crippen LogP contribution < -0.4 is 5.48 Å². The van der Waals surface area contributed by atoms with E-state index in [0.29, 0.717) is 0 Å². The highest BCUT2D eigenvalue weighted by Crippen LogP contribution is 2.23. The van der Waals surface area contributed by atoms with Crippen LogP contribution in [0.3, 0.4) is 0 Å². The van der Waals surface area contributed by atoms with Crippen LogP contribution in [0, 0.1) is 11.6 Å². The van der Waals surface area contributed by atoms with Crippen LogP contribution in [-0.4, -0.2) is 5.21 Å². The molecule has 0 aromatic heterocycles. The normalized spacial score (nSPS) is 9.82. The molecule has 0 aliphatic carbocycles. The van der Waals surface area contributed by atoms with Crippen molar-refractivity contribution in [2.45, 2.75) is 0 Å². The summed E-state index contributed by atoms with van der Waals surface area (Å²) < 4.78 is 24.7. The van der Waals surface area contributed by atoms with Crippen molar-refractivity contribution in [3.63, 3.8) is 0 Å². The number of anilines is 1. The third-order valence-corrected chi connectivity index (χ3v) is 1.44. The van der Waals surface area contributed by atoms with Crippen molar-refractivity contribution in [1.29, 1.82) is 0 Å². The molecule has 0 aliphatic heterocycles. The Labute approximate surface area is 66.4 Å². The molecule has 0 amide bonds. The first-order valence-electron chi connectivity index (χ1n) is 2.70. The number of nitrogens with one attached hydrogen (secondary N) is 1. The zero-order valence-corrected chi connectivity index (χ0v) is 5.99. The van der Waals surface area contributed by atoms with Gasteiger partial charge in [0.25, 0.3) is 0 Å². The van der Waals surface area contributed by atoms with Crippen LogP contribution >= 0.6 is 11.6 Å². The van der Waals surface area contributed by atoms with Gasteiger partial charge in [-0.1, -0.05) is 11.6 Å². The molecule has 0 bridgehead atoms. The molecule has 1 rings (SSSR count). The first-order chi connectivity index (χ1) is 5.15. The number of hydrogen-bond donors (Lipinski definition) is 2. The molecule has 60 valence electrons. The third kappa shape index (κ3) is 1.58. The third-order valence-electron chi connectivity index (χ3n) is 1.13.